The summed E-state index contributed by atoms with van der Waals surface area (Å²) in [5.74, 6) is 0.185. The molecule has 0 aromatic rings. The fourth-order valence-electron chi connectivity index (χ4n) is 1.84. The number of nitrogens with two attached hydrogens (primary N) is 1. The molecule has 16 heavy (non-hydrogen) atoms. The van der Waals surface area contributed by atoms with Gasteiger partial charge in [-0.1, -0.05) is 26.2 Å². The van der Waals surface area contributed by atoms with Crippen molar-refractivity contribution in [1.82, 2.24) is 0 Å². The Labute approximate surface area is 98.7 Å². The zero-order chi connectivity index (χ0) is 12.0. The van der Waals surface area contributed by atoms with Gasteiger partial charge in [0.25, 0.3) is 0 Å². The Kier molecular flexibility index (Phi) is 5.81. The second kappa shape index (κ2) is 6.89. The predicted octanol–water partition coefficient (Wildman–Crippen LogP) is 2.63. The van der Waals surface area contributed by atoms with Gasteiger partial charge in [-0.25, -0.2) is 0 Å². The lowest BCUT2D eigenvalue weighted by Crippen LogP contribution is -2.36. The number of hydrogen-bond donors (Lipinski definition) is 1. The zero-order valence-electron chi connectivity index (χ0n) is 10.6. The van der Waals surface area contributed by atoms with Gasteiger partial charge in [-0.3, -0.25) is 4.79 Å². The third kappa shape index (κ3) is 4.97. The molecule has 1 rings (SSSR count). The first-order valence-corrected chi connectivity index (χ1v) is 6.61. The molecule has 94 valence electrons. The summed E-state index contributed by atoms with van der Waals surface area (Å²) >= 11 is 0. The molecule has 2 N–H and O–H groups in total. The van der Waals surface area contributed by atoms with Crippen molar-refractivity contribution in [2.75, 3.05) is 0 Å². The Morgan fingerprint density at radius 1 is 1.38 bits per heavy atom. The van der Waals surface area contributed by atoms with Crippen LogP contribution in [0.3, 0.4) is 0 Å². The molecule has 1 aliphatic carbocycles. The van der Waals surface area contributed by atoms with E-state index in [0.717, 1.165) is 25.7 Å². The Balaban J connectivity index is 2.07. The lowest BCUT2D eigenvalue weighted by molar-refractivity contribution is -0.150. The predicted molar refractivity (Wildman–Crippen MR) is 65.0 cm³/mol. The van der Waals surface area contributed by atoms with E-state index >= 15 is 0 Å². The Morgan fingerprint density at radius 3 is 2.62 bits per heavy atom. The fraction of sp³-hybridized carbons (Fsp3) is 0.923. The van der Waals surface area contributed by atoms with Crippen molar-refractivity contribution < 1.29 is 9.53 Å². The van der Waals surface area contributed by atoms with E-state index in [1.54, 1.807) is 0 Å². The quantitative estimate of drug-likeness (QED) is 0.512. The number of unbranched alkanes of at least 4 members (excludes halogenated alkanes) is 3. The van der Waals surface area contributed by atoms with Crippen LogP contribution in [0.15, 0.2) is 0 Å². The maximum absolute atomic E-state index is 11.6. The molecular formula is C13H25NO2. The molecule has 1 saturated carbocycles. The van der Waals surface area contributed by atoms with E-state index in [4.69, 9.17) is 10.5 Å². The molecule has 1 aliphatic rings. The minimum atomic E-state index is -0.377. The minimum absolute atomic E-state index is 0.0224. The molecule has 2 unspecified atom stereocenters. The van der Waals surface area contributed by atoms with E-state index in [9.17, 15) is 4.79 Å². The number of esters is 1. The summed E-state index contributed by atoms with van der Waals surface area (Å²) in [6.07, 6.45) is 8.02. The average Bonchev–Trinajstić information content (AvgIpc) is 3.07. The van der Waals surface area contributed by atoms with Gasteiger partial charge in [-0.2, -0.15) is 0 Å². The van der Waals surface area contributed by atoms with E-state index in [1.807, 2.05) is 6.92 Å². The molecule has 1 fully saturated rings. The first kappa shape index (κ1) is 13.5. The molecule has 0 saturated heterocycles. The maximum Gasteiger partial charge on any atom is 0.323 e. The summed E-state index contributed by atoms with van der Waals surface area (Å²) in [4.78, 5) is 11.6. The summed E-state index contributed by atoms with van der Waals surface area (Å²) in [5, 5.41) is 0. The van der Waals surface area contributed by atoms with E-state index < -0.39 is 0 Å². The van der Waals surface area contributed by atoms with Crippen LogP contribution in [0.5, 0.6) is 0 Å². The Bertz CT molecular complexity index is 214. The first-order valence-electron chi connectivity index (χ1n) is 6.61. The highest BCUT2D eigenvalue weighted by Crippen LogP contribution is 2.32. The average molecular weight is 227 g/mol. The summed E-state index contributed by atoms with van der Waals surface area (Å²) < 4.78 is 5.33. The van der Waals surface area contributed by atoms with Crippen molar-refractivity contribution in [2.24, 2.45) is 11.7 Å². The van der Waals surface area contributed by atoms with Crippen molar-refractivity contribution in [3.05, 3.63) is 0 Å². The van der Waals surface area contributed by atoms with Gasteiger partial charge in [0.05, 0.1) is 6.10 Å². The van der Waals surface area contributed by atoms with Crippen LogP contribution in [0.4, 0.5) is 0 Å². The molecule has 0 spiro atoms. The van der Waals surface area contributed by atoms with Crippen LogP contribution in [0.1, 0.15) is 58.8 Å². The fourth-order valence-corrected chi connectivity index (χ4v) is 1.84. The largest absolute Gasteiger partial charge is 0.462 e. The second-order valence-corrected chi connectivity index (χ2v) is 4.96. The van der Waals surface area contributed by atoms with Crippen LogP contribution in [0.2, 0.25) is 0 Å². The Morgan fingerprint density at radius 2 is 2.06 bits per heavy atom. The van der Waals surface area contributed by atoms with E-state index in [-0.39, 0.29) is 18.1 Å². The molecule has 3 heteroatoms. The van der Waals surface area contributed by atoms with E-state index in [0.29, 0.717) is 5.92 Å². The normalized spacial score (nSPS) is 19.2. The van der Waals surface area contributed by atoms with Gasteiger partial charge >= 0.3 is 5.97 Å². The van der Waals surface area contributed by atoms with Gasteiger partial charge in [0.2, 0.25) is 0 Å². The molecule has 2 atom stereocenters. The monoisotopic (exact) mass is 227 g/mol. The highest BCUT2D eigenvalue weighted by atomic mass is 16.5. The number of hydrogen-bond acceptors (Lipinski definition) is 3. The summed E-state index contributed by atoms with van der Waals surface area (Å²) in [6, 6.07) is -0.377. The van der Waals surface area contributed by atoms with Crippen LogP contribution >= 0.6 is 0 Å². The van der Waals surface area contributed by atoms with Gasteiger partial charge in [-0.15, -0.1) is 0 Å². The van der Waals surface area contributed by atoms with Crippen molar-refractivity contribution in [1.29, 1.82) is 0 Å². The number of carbonyl (C=O) groups excluding carboxylic acids is 1. The van der Waals surface area contributed by atoms with Gasteiger partial charge in [0, 0.05) is 0 Å². The van der Waals surface area contributed by atoms with Gasteiger partial charge < -0.3 is 10.5 Å². The molecule has 0 bridgehead atoms. The minimum Gasteiger partial charge on any atom is -0.462 e. The lowest BCUT2D eigenvalue weighted by Gasteiger charge is -2.16. The highest BCUT2D eigenvalue weighted by molar-refractivity contribution is 5.76. The van der Waals surface area contributed by atoms with Gasteiger partial charge in [0.1, 0.15) is 6.04 Å². The third-order valence-electron chi connectivity index (χ3n) is 3.18. The Hall–Kier alpha value is -0.570. The molecule has 0 radical (unpaired) electrons. The van der Waals surface area contributed by atoms with Crippen LogP contribution in [-0.2, 0) is 9.53 Å². The summed E-state index contributed by atoms with van der Waals surface area (Å²) in [7, 11) is 0. The molecular weight excluding hydrogens is 202 g/mol. The standard InChI is InChI=1S/C13H25NO2/c1-3-4-5-6-7-10(2)16-13(15)12(14)11-8-9-11/h10-12H,3-9,14H2,1-2H3. The van der Waals surface area contributed by atoms with Crippen LogP contribution in [0, 0.1) is 5.92 Å². The van der Waals surface area contributed by atoms with E-state index in [1.165, 1.54) is 19.3 Å². The zero-order valence-corrected chi connectivity index (χ0v) is 10.6. The van der Waals surface area contributed by atoms with Crippen LogP contribution in [0.25, 0.3) is 0 Å². The number of rotatable bonds is 8. The molecule has 0 heterocycles. The lowest BCUT2D eigenvalue weighted by atomic mass is 10.1. The molecule has 3 nitrogen and oxygen atoms in total. The van der Waals surface area contributed by atoms with Crippen molar-refractivity contribution >= 4 is 5.97 Å². The van der Waals surface area contributed by atoms with Crippen molar-refractivity contribution in [3.8, 4) is 0 Å². The number of ether oxygens (including phenoxy) is 1. The molecule has 0 amide bonds. The summed E-state index contributed by atoms with van der Waals surface area (Å²) in [6.45, 7) is 4.15. The SMILES string of the molecule is CCCCCCC(C)OC(=O)C(N)C1CC1. The summed E-state index contributed by atoms with van der Waals surface area (Å²) in [5.41, 5.74) is 5.77. The van der Waals surface area contributed by atoms with Crippen LogP contribution < -0.4 is 5.73 Å². The maximum atomic E-state index is 11.6. The van der Waals surface area contributed by atoms with Crippen LogP contribution in [-0.4, -0.2) is 18.1 Å². The second-order valence-electron chi connectivity index (χ2n) is 4.96. The molecule has 0 aromatic heterocycles. The molecule has 0 aliphatic heterocycles. The third-order valence-corrected chi connectivity index (χ3v) is 3.18. The number of carbonyl (C=O) groups is 1. The van der Waals surface area contributed by atoms with Crippen molar-refractivity contribution in [2.45, 2.75) is 70.9 Å². The van der Waals surface area contributed by atoms with Crippen molar-refractivity contribution in [3.63, 3.8) is 0 Å². The van der Waals surface area contributed by atoms with Gasteiger partial charge in [0.15, 0.2) is 0 Å². The smallest absolute Gasteiger partial charge is 0.323 e. The highest BCUT2D eigenvalue weighted by Gasteiger charge is 2.34. The van der Waals surface area contributed by atoms with Gasteiger partial charge in [-0.05, 0) is 38.5 Å². The topological polar surface area (TPSA) is 52.3 Å². The van der Waals surface area contributed by atoms with E-state index in [2.05, 4.69) is 6.92 Å². The first-order chi connectivity index (χ1) is 7.65. The molecule has 0 aromatic carbocycles.